The normalized spacial score (nSPS) is 18.9. The first kappa shape index (κ1) is 28.1. The fourth-order valence-electron chi connectivity index (χ4n) is 3.74. The zero-order valence-corrected chi connectivity index (χ0v) is 22.3. The largest absolute Gasteiger partial charge is 0.481 e. The predicted molar refractivity (Wildman–Crippen MR) is 137 cm³/mol. The number of rotatable bonds is 12. The van der Waals surface area contributed by atoms with Gasteiger partial charge in [-0.2, -0.15) is 0 Å². The smallest absolute Gasteiger partial charge is 0.313 e. The molecule has 36 heavy (non-hydrogen) atoms. The van der Waals surface area contributed by atoms with Gasteiger partial charge in [0.05, 0.1) is 11.5 Å². The van der Waals surface area contributed by atoms with E-state index in [4.69, 9.17) is 10.8 Å². The number of nitrogens with two attached hydrogens (primary N) is 1. The maximum Gasteiger partial charge on any atom is 0.313 e. The van der Waals surface area contributed by atoms with Crippen LogP contribution in [0, 0.1) is 0 Å². The molecule has 196 valence electrons. The van der Waals surface area contributed by atoms with Gasteiger partial charge in [-0.25, -0.2) is 13.1 Å². The SMILES string of the molecule is NC(=O)C(Cc1cccs1)NC(=O)C1CC(NS(=O)(=O)c2cccs2)CCN1C(=O)CSCC(=O)O. The summed E-state index contributed by atoms with van der Waals surface area (Å²) in [6.07, 6.45) is 0.427. The molecular weight excluding hydrogens is 549 g/mol. The summed E-state index contributed by atoms with van der Waals surface area (Å²) in [4.78, 5) is 51.1. The third kappa shape index (κ3) is 7.77. The van der Waals surface area contributed by atoms with Crippen LogP contribution in [0.25, 0.3) is 0 Å². The summed E-state index contributed by atoms with van der Waals surface area (Å²) >= 11 is 3.37. The van der Waals surface area contributed by atoms with Gasteiger partial charge in [-0.1, -0.05) is 12.1 Å². The van der Waals surface area contributed by atoms with Crippen LogP contribution in [-0.4, -0.2) is 78.3 Å². The highest BCUT2D eigenvalue weighted by molar-refractivity contribution is 8.00. The number of hydrogen-bond donors (Lipinski definition) is 4. The summed E-state index contributed by atoms with van der Waals surface area (Å²) in [6, 6.07) is 3.97. The van der Waals surface area contributed by atoms with Crippen molar-refractivity contribution in [3.8, 4) is 0 Å². The van der Waals surface area contributed by atoms with Crippen molar-refractivity contribution in [2.75, 3.05) is 18.1 Å². The number of amides is 3. The standard InChI is InChI=1S/C21H26N4O7S4/c22-20(29)15(10-14-3-1-7-34-14)23-21(30)16-9-13(24-36(31,32)19-4-2-8-35-19)5-6-25(16)17(26)11-33-12-18(27)28/h1-4,7-8,13,15-16,24H,5-6,9-12H2,(H2,22,29)(H,23,30)(H,27,28). The second-order valence-electron chi connectivity index (χ2n) is 8.01. The average Bonchev–Trinajstić information content (AvgIpc) is 3.52. The van der Waals surface area contributed by atoms with E-state index in [-0.39, 0.29) is 41.5 Å². The summed E-state index contributed by atoms with van der Waals surface area (Å²) in [7, 11) is -3.81. The molecule has 1 aliphatic heterocycles. The molecule has 15 heteroatoms. The van der Waals surface area contributed by atoms with Crippen molar-refractivity contribution in [2.24, 2.45) is 5.73 Å². The molecule has 3 atom stereocenters. The van der Waals surface area contributed by atoms with Gasteiger partial charge in [0, 0.05) is 23.9 Å². The molecule has 11 nitrogen and oxygen atoms in total. The van der Waals surface area contributed by atoms with Gasteiger partial charge in [0.1, 0.15) is 16.3 Å². The van der Waals surface area contributed by atoms with Gasteiger partial charge in [-0.3, -0.25) is 19.2 Å². The lowest BCUT2D eigenvalue weighted by atomic mass is 9.96. The highest BCUT2D eigenvalue weighted by atomic mass is 32.2. The van der Waals surface area contributed by atoms with Crippen molar-refractivity contribution >= 4 is 68.1 Å². The monoisotopic (exact) mass is 574 g/mol. The number of thiophene rings is 2. The van der Waals surface area contributed by atoms with E-state index in [2.05, 4.69) is 10.0 Å². The summed E-state index contributed by atoms with van der Waals surface area (Å²) < 4.78 is 28.1. The number of primary amides is 1. The predicted octanol–water partition coefficient (Wildman–Crippen LogP) is 0.478. The number of carbonyl (C=O) groups excluding carboxylic acids is 3. The third-order valence-electron chi connectivity index (χ3n) is 5.40. The number of carboxylic acid groups (broad SMARTS) is 1. The minimum atomic E-state index is -3.81. The molecule has 2 aromatic rings. The van der Waals surface area contributed by atoms with E-state index < -0.39 is 51.8 Å². The molecular formula is C21H26N4O7S4. The topological polar surface area (TPSA) is 176 Å². The van der Waals surface area contributed by atoms with Gasteiger partial charge in [0.25, 0.3) is 0 Å². The van der Waals surface area contributed by atoms with Crippen LogP contribution >= 0.6 is 34.4 Å². The van der Waals surface area contributed by atoms with Gasteiger partial charge in [0.15, 0.2) is 0 Å². The van der Waals surface area contributed by atoms with Crippen LogP contribution in [0.4, 0.5) is 0 Å². The third-order valence-corrected chi connectivity index (χ3v) is 10.1. The summed E-state index contributed by atoms with van der Waals surface area (Å²) in [5.74, 6) is -3.32. The van der Waals surface area contributed by atoms with Crippen molar-refractivity contribution in [1.82, 2.24) is 14.9 Å². The second-order valence-corrected chi connectivity index (χ2v) is 12.9. The van der Waals surface area contributed by atoms with E-state index >= 15 is 0 Å². The van der Waals surface area contributed by atoms with E-state index in [0.717, 1.165) is 28.0 Å². The molecule has 0 saturated carbocycles. The number of nitrogens with zero attached hydrogens (tertiary/aromatic N) is 1. The highest BCUT2D eigenvalue weighted by Gasteiger charge is 2.38. The quantitative estimate of drug-likeness (QED) is 0.283. The lowest BCUT2D eigenvalue weighted by molar-refractivity contribution is -0.141. The number of sulfonamides is 1. The minimum Gasteiger partial charge on any atom is -0.481 e. The van der Waals surface area contributed by atoms with Gasteiger partial charge >= 0.3 is 5.97 Å². The molecule has 0 aliphatic carbocycles. The fraction of sp³-hybridized carbons (Fsp3) is 0.429. The molecule has 0 radical (unpaired) electrons. The zero-order valence-electron chi connectivity index (χ0n) is 19.0. The summed E-state index contributed by atoms with van der Waals surface area (Å²) in [5.41, 5.74) is 5.51. The van der Waals surface area contributed by atoms with Crippen LogP contribution in [-0.2, 0) is 35.6 Å². The summed E-state index contributed by atoms with van der Waals surface area (Å²) in [5, 5.41) is 14.9. The van der Waals surface area contributed by atoms with Crippen LogP contribution in [0.5, 0.6) is 0 Å². The maximum atomic E-state index is 13.3. The molecule has 1 fully saturated rings. The van der Waals surface area contributed by atoms with Crippen LogP contribution in [0.2, 0.25) is 0 Å². The maximum absolute atomic E-state index is 13.3. The van der Waals surface area contributed by atoms with Gasteiger partial charge in [-0.15, -0.1) is 34.4 Å². The molecule has 1 saturated heterocycles. The lowest BCUT2D eigenvalue weighted by Crippen LogP contribution is -2.60. The van der Waals surface area contributed by atoms with E-state index in [9.17, 15) is 27.6 Å². The number of likely N-dealkylation sites (tertiary alicyclic amines) is 1. The Bertz CT molecular complexity index is 1170. The number of thioether (sulfide) groups is 1. The van der Waals surface area contributed by atoms with Gasteiger partial charge in [0.2, 0.25) is 27.7 Å². The molecule has 2 aromatic heterocycles. The Morgan fingerprint density at radius 2 is 1.89 bits per heavy atom. The Morgan fingerprint density at radius 1 is 1.17 bits per heavy atom. The Kier molecular flexibility index (Phi) is 9.90. The molecule has 5 N–H and O–H groups in total. The highest BCUT2D eigenvalue weighted by Crippen LogP contribution is 2.23. The Morgan fingerprint density at radius 3 is 2.50 bits per heavy atom. The van der Waals surface area contributed by atoms with Crippen molar-refractivity contribution in [3.63, 3.8) is 0 Å². The second kappa shape index (κ2) is 12.7. The van der Waals surface area contributed by atoms with Crippen molar-refractivity contribution < 1.29 is 32.7 Å². The Balaban J connectivity index is 1.75. The molecule has 0 aromatic carbocycles. The lowest BCUT2D eigenvalue weighted by Gasteiger charge is -2.39. The number of aliphatic carboxylic acids is 1. The number of carboxylic acids is 1. The Hall–Kier alpha value is -2.46. The first-order valence-electron chi connectivity index (χ1n) is 10.8. The summed E-state index contributed by atoms with van der Waals surface area (Å²) in [6.45, 7) is 0.0777. The van der Waals surface area contributed by atoms with E-state index in [1.54, 1.807) is 23.6 Å². The molecule has 3 rings (SSSR count). The van der Waals surface area contributed by atoms with E-state index in [0.29, 0.717) is 0 Å². The number of piperidine rings is 1. The Labute approximate surface area is 220 Å². The molecule has 3 unspecified atom stereocenters. The van der Waals surface area contributed by atoms with Crippen molar-refractivity contribution in [3.05, 3.63) is 39.9 Å². The first-order chi connectivity index (χ1) is 17.1. The molecule has 1 aliphatic rings. The van der Waals surface area contributed by atoms with Crippen LogP contribution in [0.15, 0.2) is 39.2 Å². The van der Waals surface area contributed by atoms with E-state index in [1.807, 2.05) is 5.38 Å². The number of hydrogen-bond acceptors (Lipinski definition) is 9. The van der Waals surface area contributed by atoms with Gasteiger partial charge in [-0.05, 0) is 35.7 Å². The number of carbonyl (C=O) groups is 4. The molecule has 0 spiro atoms. The van der Waals surface area contributed by atoms with Crippen LogP contribution in [0.1, 0.15) is 17.7 Å². The van der Waals surface area contributed by atoms with Crippen molar-refractivity contribution in [1.29, 1.82) is 0 Å². The van der Waals surface area contributed by atoms with E-state index in [1.165, 1.54) is 22.3 Å². The van der Waals surface area contributed by atoms with Crippen LogP contribution < -0.4 is 15.8 Å². The first-order valence-corrected chi connectivity index (χ1v) is 15.2. The van der Waals surface area contributed by atoms with Gasteiger partial charge < -0.3 is 21.1 Å². The zero-order chi connectivity index (χ0) is 26.3. The fourth-order valence-corrected chi connectivity index (χ4v) is 7.40. The number of nitrogens with one attached hydrogen (secondary N) is 2. The van der Waals surface area contributed by atoms with Crippen molar-refractivity contribution in [2.45, 2.75) is 41.6 Å². The molecule has 3 amide bonds. The van der Waals surface area contributed by atoms with Crippen LogP contribution in [0.3, 0.4) is 0 Å². The minimum absolute atomic E-state index is 0.0176. The molecule has 0 bridgehead atoms. The molecule has 3 heterocycles. The average molecular weight is 575 g/mol.